The Bertz CT molecular complexity index is 1020. The largest absolute Gasteiger partial charge is 0.339 e. The van der Waals surface area contributed by atoms with Crippen molar-refractivity contribution in [3.63, 3.8) is 0 Å². The maximum atomic E-state index is 12.9. The number of nitrogens with zero attached hydrogens (tertiary/aromatic N) is 4. The third-order valence-electron chi connectivity index (χ3n) is 4.49. The predicted molar refractivity (Wildman–Crippen MR) is 103 cm³/mol. The van der Waals surface area contributed by atoms with Gasteiger partial charge in [0.2, 0.25) is 0 Å². The highest BCUT2D eigenvalue weighted by Crippen LogP contribution is 2.27. The second-order valence-electron chi connectivity index (χ2n) is 6.29. The van der Waals surface area contributed by atoms with Crippen LogP contribution in [0.5, 0.6) is 0 Å². The fourth-order valence-electron chi connectivity index (χ4n) is 3.20. The van der Waals surface area contributed by atoms with E-state index in [1.807, 2.05) is 24.3 Å². The zero-order chi connectivity index (χ0) is 18.6. The molecule has 6 heteroatoms. The number of aromatic nitrogens is 2. The van der Waals surface area contributed by atoms with Gasteiger partial charge in [0.05, 0.1) is 24.0 Å². The number of carbonyl (C=O) groups excluding carboxylic acids is 1. The number of hydrogen-bond acceptors (Lipinski definition) is 5. The summed E-state index contributed by atoms with van der Waals surface area (Å²) in [6, 6.07) is 17.2. The maximum Gasteiger partial charge on any atom is 0.278 e. The number of hydrogen-bond donors (Lipinski definition) is 1. The summed E-state index contributed by atoms with van der Waals surface area (Å²) < 4.78 is 0. The summed E-state index contributed by atoms with van der Waals surface area (Å²) in [4.78, 5) is 23.2. The molecule has 1 aliphatic rings. The monoisotopic (exact) mass is 355 g/mol. The number of benzene rings is 2. The van der Waals surface area contributed by atoms with Crippen molar-refractivity contribution >= 4 is 23.1 Å². The Morgan fingerprint density at radius 2 is 2.00 bits per heavy atom. The van der Waals surface area contributed by atoms with Gasteiger partial charge in [0, 0.05) is 17.9 Å². The van der Waals surface area contributed by atoms with Crippen LogP contribution in [-0.2, 0) is 6.42 Å². The summed E-state index contributed by atoms with van der Waals surface area (Å²) >= 11 is 0. The third kappa shape index (κ3) is 3.48. The summed E-state index contributed by atoms with van der Waals surface area (Å²) in [5.41, 5.74) is 3.74. The number of fused-ring (bicyclic) bond motifs is 1. The topological polar surface area (TPSA) is 81.9 Å². The van der Waals surface area contributed by atoms with Crippen molar-refractivity contribution in [2.24, 2.45) is 0 Å². The van der Waals surface area contributed by atoms with E-state index in [4.69, 9.17) is 5.26 Å². The van der Waals surface area contributed by atoms with Crippen molar-refractivity contribution in [3.8, 4) is 6.07 Å². The van der Waals surface area contributed by atoms with E-state index in [9.17, 15) is 4.79 Å². The van der Waals surface area contributed by atoms with Gasteiger partial charge in [0.25, 0.3) is 5.91 Å². The van der Waals surface area contributed by atoms with Crippen LogP contribution in [0.3, 0.4) is 0 Å². The lowest BCUT2D eigenvalue weighted by molar-refractivity contribution is 0.0980. The first-order valence-electron chi connectivity index (χ1n) is 8.73. The highest BCUT2D eigenvalue weighted by Gasteiger charge is 2.24. The number of nitriles is 1. The van der Waals surface area contributed by atoms with Crippen LogP contribution in [0.25, 0.3) is 0 Å². The number of amides is 1. The minimum atomic E-state index is -0.146. The molecular formula is C21H17N5O. The van der Waals surface area contributed by atoms with Crippen LogP contribution in [0.4, 0.5) is 17.2 Å². The van der Waals surface area contributed by atoms with Crippen molar-refractivity contribution in [1.29, 1.82) is 5.26 Å². The van der Waals surface area contributed by atoms with Crippen LogP contribution >= 0.6 is 0 Å². The summed E-state index contributed by atoms with van der Waals surface area (Å²) in [5.74, 6) is 0.369. The van der Waals surface area contributed by atoms with Gasteiger partial charge >= 0.3 is 0 Å². The quantitative estimate of drug-likeness (QED) is 0.775. The molecule has 1 amide bonds. The lowest BCUT2D eigenvalue weighted by atomic mass is 10.0. The van der Waals surface area contributed by atoms with Crippen LogP contribution in [-0.4, -0.2) is 22.4 Å². The Balaban J connectivity index is 1.52. The average molecular weight is 355 g/mol. The zero-order valence-electron chi connectivity index (χ0n) is 14.6. The first-order chi connectivity index (χ1) is 13.2. The van der Waals surface area contributed by atoms with Gasteiger partial charge in [-0.25, -0.2) is 9.97 Å². The highest BCUT2D eigenvalue weighted by atomic mass is 16.2. The molecule has 6 nitrogen and oxygen atoms in total. The molecule has 0 bridgehead atoms. The number of aryl methyl sites for hydroxylation is 1. The molecule has 0 radical (unpaired) electrons. The first kappa shape index (κ1) is 16.7. The molecule has 2 aromatic carbocycles. The van der Waals surface area contributed by atoms with Crippen LogP contribution in [0.15, 0.2) is 60.9 Å². The number of nitrogens with one attached hydrogen (secondary N) is 1. The predicted octanol–water partition coefficient (Wildman–Crippen LogP) is 3.68. The SMILES string of the molecule is N#Cc1cccc(Nc2cnc(C(=O)N3CCCc4ccccc43)cn2)c1. The molecule has 4 rings (SSSR count). The van der Waals surface area contributed by atoms with E-state index in [1.54, 1.807) is 23.1 Å². The minimum absolute atomic E-state index is 0.146. The van der Waals surface area contributed by atoms with Gasteiger partial charge in [0.15, 0.2) is 0 Å². The van der Waals surface area contributed by atoms with Gasteiger partial charge in [-0.2, -0.15) is 5.26 Å². The standard InChI is InChI=1S/C21H17N5O/c22-12-15-5-3-8-17(11-15)25-20-14-23-18(13-24-20)21(27)26-10-4-7-16-6-1-2-9-19(16)26/h1-3,5-6,8-9,11,13-14H,4,7,10H2,(H,24,25). The van der Waals surface area contributed by atoms with E-state index in [0.717, 1.165) is 24.2 Å². The number of anilines is 3. The normalized spacial score (nSPS) is 12.8. The fourth-order valence-corrected chi connectivity index (χ4v) is 3.20. The Kier molecular flexibility index (Phi) is 4.50. The van der Waals surface area contributed by atoms with E-state index in [1.165, 1.54) is 18.0 Å². The van der Waals surface area contributed by atoms with E-state index in [2.05, 4.69) is 27.4 Å². The van der Waals surface area contributed by atoms with Crippen molar-refractivity contribution in [1.82, 2.24) is 9.97 Å². The van der Waals surface area contributed by atoms with Crippen molar-refractivity contribution in [2.75, 3.05) is 16.8 Å². The smallest absolute Gasteiger partial charge is 0.278 e. The maximum absolute atomic E-state index is 12.9. The lowest BCUT2D eigenvalue weighted by Gasteiger charge is -2.29. The number of para-hydroxylation sites is 1. The lowest BCUT2D eigenvalue weighted by Crippen LogP contribution is -2.36. The van der Waals surface area contributed by atoms with Crippen LogP contribution < -0.4 is 10.2 Å². The van der Waals surface area contributed by atoms with Crippen molar-refractivity contribution in [3.05, 3.63) is 77.7 Å². The van der Waals surface area contributed by atoms with E-state index in [-0.39, 0.29) is 5.91 Å². The summed E-state index contributed by atoms with van der Waals surface area (Å²) in [6.45, 7) is 0.679. The van der Waals surface area contributed by atoms with Crippen LogP contribution in [0, 0.1) is 11.3 Å². The molecule has 27 heavy (non-hydrogen) atoms. The van der Waals surface area contributed by atoms with E-state index < -0.39 is 0 Å². The van der Waals surface area contributed by atoms with Gasteiger partial charge in [-0.3, -0.25) is 4.79 Å². The van der Waals surface area contributed by atoms with Crippen molar-refractivity contribution < 1.29 is 4.79 Å². The van der Waals surface area contributed by atoms with Gasteiger partial charge < -0.3 is 10.2 Å². The Morgan fingerprint density at radius 1 is 1.11 bits per heavy atom. The molecular weight excluding hydrogens is 338 g/mol. The molecule has 0 unspecified atom stereocenters. The molecule has 1 N–H and O–H groups in total. The fraction of sp³-hybridized carbons (Fsp3) is 0.143. The Morgan fingerprint density at radius 3 is 2.81 bits per heavy atom. The first-order valence-corrected chi connectivity index (χ1v) is 8.73. The highest BCUT2D eigenvalue weighted by molar-refractivity contribution is 6.05. The average Bonchev–Trinajstić information content (AvgIpc) is 2.73. The molecule has 132 valence electrons. The van der Waals surface area contributed by atoms with Gasteiger partial charge in [-0.1, -0.05) is 24.3 Å². The molecule has 2 heterocycles. The summed E-state index contributed by atoms with van der Waals surface area (Å²) in [7, 11) is 0. The number of carbonyl (C=O) groups is 1. The molecule has 0 atom stereocenters. The van der Waals surface area contributed by atoms with Gasteiger partial charge in [-0.15, -0.1) is 0 Å². The second kappa shape index (κ2) is 7.26. The molecule has 0 fully saturated rings. The molecule has 0 spiro atoms. The molecule has 0 saturated heterocycles. The number of rotatable bonds is 3. The Hall–Kier alpha value is -3.72. The molecule has 1 aliphatic heterocycles. The zero-order valence-corrected chi connectivity index (χ0v) is 14.6. The molecule has 0 saturated carbocycles. The minimum Gasteiger partial charge on any atom is -0.339 e. The Labute approximate surface area is 157 Å². The summed E-state index contributed by atoms with van der Waals surface area (Å²) in [6.07, 6.45) is 4.93. The van der Waals surface area contributed by atoms with E-state index in [0.29, 0.717) is 23.6 Å². The van der Waals surface area contributed by atoms with Gasteiger partial charge in [0.1, 0.15) is 11.5 Å². The summed E-state index contributed by atoms with van der Waals surface area (Å²) in [5, 5.41) is 12.1. The molecule has 3 aromatic rings. The second-order valence-corrected chi connectivity index (χ2v) is 6.29. The molecule has 0 aliphatic carbocycles. The van der Waals surface area contributed by atoms with Gasteiger partial charge in [-0.05, 0) is 42.7 Å². The van der Waals surface area contributed by atoms with Crippen molar-refractivity contribution in [2.45, 2.75) is 12.8 Å². The third-order valence-corrected chi connectivity index (χ3v) is 4.49. The van der Waals surface area contributed by atoms with E-state index >= 15 is 0 Å². The van der Waals surface area contributed by atoms with Crippen LogP contribution in [0.2, 0.25) is 0 Å². The van der Waals surface area contributed by atoms with Crippen LogP contribution in [0.1, 0.15) is 28.0 Å². The molecule has 1 aromatic heterocycles.